The van der Waals surface area contributed by atoms with Gasteiger partial charge in [0.2, 0.25) is 0 Å². The second-order valence-electron chi connectivity index (χ2n) is 4.00. The number of hydrogen-bond acceptors (Lipinski definition) is 3. The Hall–Kier alpha value is -2.06. The summed E-state index contributed by atoms with van der Waals surface area (Å²) in [5, 5.41) is 0. The summed E-state index contributed by atoms with van der Waals surface area (Å²) in [4.78, 5) is 31.5. The fraction of sp³-hybridized carbons (Fsp3) is 0.500. The van der Waals surface area contributed by atoms with E-state index in [0.717, 1.165) is 0 Å². The molecule has 2 heterocycles. The van der Waals surface area contributed by atoms with E-state index in [4.69, 9.17) is 0 Å². The first kappa shape index (κ1) is 13.4. The zero-order chi connectivity index (χ0) is 14.2. The molecule has 2 N–H and O–H groups in total. The van der Waals surface area contributed by atoms with Crippen LogP contribution >= 0.6 is 0 Å². The number of halogens is 3. The van der Waals surface area contributed by atoms with E-state index in [1.54, 1.807) is 6.92 Å². The molecule has 0 saturated carbocycles. The van der Waals surface area contributed by atoms with Crippen molar-refractivity contribution < 1.29 is 13.2 Å². The number of imidazole rings is 1. The zero-order valence-electron chi connectivity index (χ0n) is 9.97. The van der Waals surface area contributed by atoms with Gasteiger partial charge in [0.05, 0.1) is 6.42 Å². The van der Waals surface area contributed by atoms with Gasteiger partial charge in [0, 0.05) is 13.0 Å². The maximum absolute atomic E-state index is 12.1. The van der Waals surface area contributed by atoms with Crippen LogP contribution in [-0.2, 0) is 13.0 Å². The Balaban J connectivity index is 2.48. The standard InChI is InChI=1S/C10H11F3N4O2/c1-2-17-7-6(8(18)16-9(17)19)14-5(15-7)3-4-10(11,12)13/h2-4H2,1H3,(H,14,15)(H,16,18,19). The van der Waals surface area contributed by atoms with Gasteiger partial charge in [-0.25, -0.2) is 9.78 Å². The molecular formula is C10H11F3N4O2. The number of hydrogen-bond donors (Lipinski definition) is 2. The summed E-state index contributed by atoms with van der Waals surface area (Å²) in [6.07, 6.45) is -5.70. The molecule has 0 fully saturated rings. The largest absolute Gasteiger partial charge is 0.389 e. The van der Waals surface area contributed by atoms with Crippen molar-refractivity contribution in [2.75, 3.05) is 0 Å². The monoisotopic (exact) mass is 276 g/mol. The molecule has 0 radical (unpaired) electrons. The number of fused-ring (bicyclic) bond motifs is 1. The van der Waals surface area contributed by atoms with Crippen molar-refractivity contribution in [1.29, 1.82) is 0 Å². The van der Waals surface area contributed by atoms with E-state index < -0.39 is 23.8 Å². The van der Waals surface area contributed by atoms with Gasteiger partial charge in [0.25, 0.3) is 5.56 Å². The zero-order valence-corrected chi connectivity index (χ0v) is 9.97. The number of aromatic amines is 2. The summed E-state index contributed by atoms with van der Waals surface area (Å²) in [5.41, 5.74) is -1.23. The van der Waals surface area contributed by atoms with Crippen molar-refractivity contribution >= 4 is 11.2 Å². The summed E-state index contributed by atoms with van der Waals surface area (Å²) in [7, 11) is 0. The fourth-order valence-corrected chi connectivity index (χ4v) is 1.76. The second-order valence-corrected chi connectivity index (χ2v) is 4.00. The number of nitrogens with one attached hydrogen (secondary N) is 2. The van der Waals surface area contributed by atoms with Crippen molar-refractivity contribution in [2.45, 2.75) is 32.5 Å². The van der Waals surface area contributed by atoms with Crippen molar-refractivity contribution in [1.82, 2.24) is 19.5 Å². The average molecular weight is 276 g/mol. The Morgan fingerprint density at radius 2 is 1.95 bits per heavy atom. The summed E-state index contributed by atoms with van der Waals surface area (Å²) in [5.74, 6) is 0.0330. The fourth-order valence-electron chi connectivity index (χ4n) is 1.76. The van der Waals surface area contributed by atoms with Crippen LogP contribution in [0.25, 0.3) is 11.2 Å². The summed E-state index contributed by atoms with van der Waals surface area (Å²) in [6.45, 7) is 1.93. The molecule has 0 saturated heterocycles. The number of aryl methyl sites for hydroxylation is 2. The lowest BCUT2D eigenvalue weighted by Crippen LogP contribution is -2.29. The number of H-pyrrole nitrogens is 2. The van der Waals surface area contributed by atoms with E-state index in [2.05, 4.69) is 15.0 Å². The van der Waals surface area contributed by atoms with Crippen LogP contribution in [0.4, 0.5) is 13.2 Å². The van der Waals surface area contributed by atoms with E-state index in [0.29, 0.717) is 0 Å². The third kappa shape index (κ3) is 2.69. The Morgan fingerprint density at radius 3 is 2.53 bits per heavy atom. The molecule has 0 atom stereocenters. The molecule has 0 aromatic carbocycles. The molecule has 2 aromatic rings. The van der Waals surface area contributed by atoms with Crippen molar-refractivity contribution in [3.63, 3.8) is 0 Å². The van der Waals surface area contributed by atoms with Gasteiger partial charge in [-0.05, 0) is 6.92 Å². The molecule has 2 rings (SSSR count). The average Bonchev–Trinajstić information content (AvgIpc) is 2.70. The van der Waals surface area contributed by atoms with Crippen molar-refractivity contribution in [3.05, 3.63) is 26.7 Å². The molecule has 104 valence electrons. The first-order chi connectivity index (χ1) is 8.81. The number of alkyl halides is 3. The highest BCUT2D eigenvalue weighted by molar-refractivity contribution is 5.69. The predicted octanol–water partition coefficient (Wildman–Crippen LogP) is 0.928. The lowest BCUT2D eigenvalue weighted by molar-refractivity contribution is -0.134. The summed E-state index contributed by atoms with van der Waals surface area (Å²) < 4.78 is 37.5. The highest BCUT2D eigenvalue weighted by Crippen LogP contribution is 2.21. The second kappa shape index (κ2) is 4.56. The molecule has 0 unspecified atom stereocenters. The van der Waals surface area contributed by atoms with Gasteiger partial charge in [-0.1, -0.05) is 0 Å². The topological polar surface area (TPSA) is 83.5 Å². The molecule has 9 heteroatoms. The lowest BCUT2D eigenvalue weighted by atomic mass is 10.3. The minimum absolute atomic E-state index is 0.0126. The molecule has 0 aliphatic carbocycles. The minimum Gasteiger partial charge on any atom is -0.336 e. The van der Waals surface area contributed by atoms with Crippen molar-refractivity contribution in [3.8, 4) is 0 Å². The maximum atomic E-state index is 12.1. The molecule has 19 heavy (non-hydrogen) atoms. The van der Waals surface area contributed by atoms with E-state index in [1.807, 2.05) is 0 Å². The van der Waals surface area contributed by atoms with Crippen LogP contribution in [0.15, 0.2) is 9.59 Å². The van der Waals surface area contributed by atoms with Crippen LogP contribution in [-0.4, -0.2) is 25.7 Å². The summed E-state index contributed by atoms with van der Waals surface area (Å²) >= 11 is 0. The third-order valence-corrected chi connectivity index (χ3v) is 2.64. The molecule has 0 spiro atoms. The maximum Gasteiger partial charge on any atom is 0.389 e. The number of rotatable bonds is 3. The van der Waals surface area contributed by atoms with Gasteiger partial charge < -0.3 is 4.98 Å². The summed E-state index contributed by atoms with van der Waals surface area (Å²) in [6, 6.07) is 0. The molecular weight excluding hydrogens is 265 g/mol. The minimum atomic E-state index is -4.30. The van der Waals surface area contributed by atoms with Crippen molar-refractivity contribution in [2.24, 2.45) is 0 Å². The van der Waals surface area contributed by atoms with E-state index in [9.17, 15) is 22.8 Å². The smallest absolute Gasteiger partial charge is 0.336 e. The van der Waals surface area contributed by atoms with Crippen LogP contribution in [0.3, 0.4) is 0 Å². The Bertz CT molecular complexity index is 710. The van der Waals surface area contributed by atoms with E-state index in [1.165, 1.54) is 4.57 Å². The normalized spacial score (nSPS) is 12.2. The van der Waals surface area contributed by atoms with Gasteiger partial charge in [-0.15, -0.1) is 0 Å². The lowest BCUT2D eigenvalue weighted by Gasteiger charge is -2.02. The Labute approximate surface area is 104 Å². The van der Waals surface area contributed by atoms with Crippen LogP contribution in [0.1, 0.15) is 19.2 Å². The molecule has 2 aromatic heterocycles. The quantitative estimate of drug-likeness (QED) is 0.874. The first-order valence-electron chi connectivity index (χ1n) is 5.60. The Kier molecular flexibility index (Phi) is 3.21. The third-order valence-electron chi connectivity index (χ3n) is 2.64. The highest BCUT2D eigenvalue weighted by atomic mass is 19.4. The Morgan fingerprint density at radius 1 is 1.26 bits per heavy atom. The van der Waals surface area contributed by atoms with Crippen LogP contribution in [0.5, 0.6) is 0 Å². The van der Waals surface area contributed by atoms with Crippen LogP contribution in [0, 0.1) is 0 Å². The van der Waals surface area contributed by atoms with E-state index in [-0.39, 0.29) is 30.0 Å². The predicted molar refractivity (Wildman–Crippen MR) is 61.0 cm³/mol. The molecule has 0 aliphatic heterocycles. The number of nitrogens with zero attached hydrogens (tertiary/aromatic N) is 2. The van der Waals surface area contributed by atoms with Gasteiger partial charge in [0.15, 0.2) is 5.65 Å². The molecule has 0 bridgehead atoms. The van der Waals surface area contributed by atoms with Gasteiger partial charge in [0.1, 0.15) is 11.3 Å². The van der Waals surface area contributed by atoms with Gasteiger partial charge >= 0.3 is 11.9 Å². The highest BCUT2D eigenvalue weighted by Gasteiger charge is 2.27. The SMILES string of the molecule is CCn1c(=O)[nH]c(=O)c2[nH]c(CCC(F)(F)F)nc21. The van der Waals surface area contributed by atoms with Gasteiger partial charge in [-0.3, -0.25) is 14.3 Å². The van der Waals surface area contributed by atoms with Gasteiger partial charge in [-0.2, -0.15) is 13.2 Å². The first-order valence-corrected chi connectivity index (χ1v) is 5.60. The number of aromatic nitrogens is 4. The molecule has 0 amide bonds. The molecule has 0 aliphatic rings. The molecule has 6 nitrogen and oxygen atoms in total. The van der Waals surface area contributed by atoms with Crippen LogP contribution in [0.2, 0.25) is 0 Å². The van der Waals surface area contributed by atoms with Crippen LogP contribution < -0.4 is 11.2 Å². The van der Waals surface area contributed by atoms with E-state index >= 15 is 0 Å².